The Morgan fingerprint density at radius 1 is 0.529 bits per heavy atom. The summed E-state index contributed by atoms with van der Waals surface area (Å²) in [5, 5.41) is 3.34. The minimum Gasteiger partial charge on any atom is -0.388 e. The van der Waals surface area contributed by atoms with E-state index in [0.29, 0.717) is 0 Å². The molecule has 0 aliphatic heterocycles. The van der Waals surface area contributed by atoms with Crippen molar-refractivity contribution in [1.29, 1.82) is 0 Å². The highest BCUT2D eigenvalue weighted by atomic mass is 14.8. The molecular weight excluding hydrogens is 410 g/mol. The molecule has 5 aromatic carbocycles. The maximum atomic E-state index is 3.34. The standard InChI is InChI=1S/C33H27N/c1-22-17-27(19-28(18-22)34-2)33-29-15-13-25(23-9-5-3-6-10-23)20-31(29)32-21-26(14-16-30(32)33)24-11-7-4-8-12-24/h3-21,33-34H,1-2H3. The third kappa shape index (κ3) is 3.50. The molecular formula is C33H27N. The van der Waals surface area contributed by atoms with Crippen LogP contribution in [-0.2, 0) is 0 Å². The van der Waals surface area contributed by atoms with Gasteiger partial charge in [0.05, 0.1) is 0 Å². The number of nitrogens with one attached hydrogen (secondary N) is 1. The normalized spacial score (nSPS) is 12.3. The monoisotopic (exact) mass is 437 g/mol. The lowest BCUT2D eigenvalue weighted by atomic mass is 9.87. The zero-order valence-corrected chi connectivity index (χ0v) is 19.5. The van der Waals surface area contributed by atoms with Crippen molar-refractivity contribution in [2.45, 2.75) is 12.8 Å². The van der Waals surface area contributed by atoms with Crippen LogP contribution in [0.15, 0.2) is 115 Å². The van der Waals surface area contributed by atoms with E-state index in [2.05, 4.69) is 128 Å². The van der Waals surface area contributed by atoms with Crippen LogP contribution in [0.25, 0.3) is 33.4 Å². The molecule has 0 bridgehead atoms. The first-order chi connectivity index (χ1) is 16.7. The Bertz CT molecular complexity index is 1390. The summed E-state index contributed by atoms with van der Waals surface area (Å²) in [4.78, 5) is 0. The SMILES string of the molecule is CNc1cc(C)cc(C2c3ccc(-c4ccccc4)cc3-c3cc(-c4ccccc4)ccc32)c1. The van der Waals surface area contributed by atoms with E-state index in [0.717, 1.165) is 5.69 Å². The van der Waals surface area contributed by atoms with Crippen LogP contribution in [0.2, 0.25) is 0 Å². The highest BCUT2D eigenvalue weighted by Crippen LogP contribution is 2.50. The van der Waals surface area contributed by atoms with E-state index in [1.165, 1.54) is 55.6 Å². The molecule has 0 spiro atoms. The third-order valence-corrected chi connectivity index (χ3v) is 6.95. The van der Waals surface area contributed by atoms with Gasteiger partial charge in [-0.1, -0.05) is 91.0 Å². The van der Waals surface area contributed by atoms with Gasteiger partial charge >= 0.3 is 0 Å². The van der Waals surface area contributed by atoms with Crippen LogP contribution in [-0.4, -0.2) is 7.05 Å². The quantitative estimate of drug-likeness (QED) is 0.291. The summed E-state index contributed by atoms with van der Waals surface area (Å²) < 4.78 is 0. The fraction of sp³-hybridized carbons (Fsp3) is 0.0909. The van der Waals surface area contributed by atoms with E-state index in [1.54, 1.807) is 0 Å². The maximum Gasteiger partial charge on any atom is 0.0353 e. The Kier molecular flexibility index (Phi) is 5.04. The Hall–Kier alpha value is -4.10. The summed E-state index contributed by atoms with van der Waals surface area (Å²) in [6.07, 6.45) is 0. The molecule has 0 amide bonds. The number of anilines is 1. The van der Waals surface area contributed by atoms with Crippen LogP contribution < -0.4 is 5.32 Å². The third-order valence-electron chi connectivity index (χ3n) is 6.95. The van der Waals surface area contributed by atoms with Gasteiger partial charge in [0.1, 0.15) is 0 Å². The van der Waals surface area contributed by atoms with Crippen molar-refractivity contribution in [3.63, 3.8) is 0 Å². The predicted octanol–water partition coefficient (Wildman–Crippen LogP) is 8.53. The van der Waals surface area contributed by atoms with Crippen molar-refractivity contribution in [1.82, 2.24) is 0 Å². The molecule has 6 rings (SSSR count). The smallest absolute Gasteiger partial charge is 0.0353 e. The van der Waals surface area contributed by atoms with E-state index >= 15 is 0 Å². The fourth-order valence-electron chi connectivity index (χ4n) is 5.35. The first kappa shape index (κ1) is 20.5. The van der Waals surface area contributed by atoms with E-state index in [9.17, 15) is 0 Å². The van der Waals surface area contributed by atoms with Crippen molar-refractivity contribution in [3.8, 4) is 33.4 Å². The van der Waals surface area contributed by atoms with Crippen molar-refractivity contribution in [3.05, 3.63) is 138 Å². The van der Waals surface area contributed by atoms with Crippen LogP contribution in [0, 0.1) is 6.92 Å². The van der Waals surface area contributed by atoms with Gasteiger partial charge in [-0.2, -0.15) is 0 Å². The number of hydrogen-bond donors (Lipinski definition) is 1. The van der Waals surface area contributed by atoms with Crippen LogP contribution in [0.5, 0.6) is 0 Å². The minimum atomic E-state index is 0.228. The summed E-state index contributed by atoms with van der Waals surface area (Å²) in [5.74, 6) is 0.228. The molecule has 0 unspecified atom stereocenters. The predicted molar refractivity (Wildman–Crippen MR) is 144 cm³/mol. The lowest BCUT2D eigenvalue weighted by Gasteiger charge is -2.17. The summed E-state index contributed by atoms with van der Waals surface area (Å²) in [7, 11) is 1.99. The van der Waals surface area contributed by atoms with Crippen LogP contribution in [0.1, 0.15) is 28.2 Å². The van der Waals surface area contributed by atoms with Gasteiger partial charge < -0.3 is 5.32 Å². The Morgan fingerprint density at radius 2 is 1.06 bits per heavy atom. The van der Waals surface area contributed by atoms with Gasteiger partial charge in [0.2, 0.25) is 0 Å². The van der Waals surface area contributed by atoms with Crippen molar-refractivity contribution < 1.29 is 0 Å². The molecule has 5 aromatic rings. The zero-order valence-electron chi connectivity index (χ0n) is 19.5. The summed E-state index contributed by atoms with van der Waals surface area (Å²) in [6, 6.07) is 42.2. The molecule has 0 saturated carbocycles. The molecule has 0 aromatic heterocycles. The van der Waals surface area contributed by atoms with Gasteiger partial charge in [0, 0.05) is 18.7 Å². The second-order valence-electron chi connectivity index (χ2n) is 9.15. The molecule has 0 heterocycles. The van der Waals surface area contributed by atoms with Crippen molar-refractivity contribution in [2.75, 3.05) is 12.4 Å². The number of hydrogen-bond acceptors (Lipinski definition) is 1. The minimum absolute atomic E-state index is 0.228. The molecule has 164 valence electrons. The van der Waals surface area contributed by atoms with E-state index in [4.69, 9.17) is 0 Å². The van der Waals surface area contributed by atoms with Gasteiger partial charge in [-0.25, -0.2) is 0 Å². The van der Waals surface area contributed by atoms with Crippen molar-refractivity contribution >= 4 is 5.69 Å². The molecule has 1 heteroatoms. The Labute approximate surface area is 201 Å². The molecule has 1 N–H and O–H groups in total. The zero-order chi connectivity index (χ0) is 23.1. The van der Waals surface area contributed by atoms with Crippen LogP contribution in [0.3, 0.4) is 0 Å². The van der Waals surface area contributed by atoms with Crippen molar-refractivity contribution in [2.24, 2.45) is 0 Å². The summed E-state index contributed by atoms with van der Waals surface area (Å²) in [5.41, 5.74) is 14.2. The molecule has 1 aliphatic rings. The molecule has 1 nitrogen and oxygen atoms in total. The number of fused-ring (bicyclic) bond motifs is 3. The highest BCUT2D eigenvalue weighted by molar-refractivity contribution is 5.87. The second kappa shape index (κ2) is 8.35. The van der Waals surface area contributed by atoms with Gasteiger partial charge in [-0.15, -0.1) is 0 Å². The maximum absolute atomic E-state index is 3.34. The van der Waals surface area contributed by atoms with Crippen LogP contribution >= 0.6 is 0 Å². The summed E-state index contributed by atoms with van der Waals surface area (Å²) >= 11 is 0. The van der Waals surface area contributed by atoms with E-state index < -0.39 is 0 Å². The second-order valence-corrected chi connectivity index (χ2v) is 9.15. The lowest BCUT2D eigenvalue weighted by molar-refractivity contribution is 1.01. The molecule has 1 aliphatic carbocycles. The largest absolute Gasteiger partial charge is 0.388 e. The average molecular weight is 438 g/mol. The molecule has 0 radical (unpaired) electrons. The Balaban J connectivity index is 1.57. The first-order valence-electron chi connectivity index (χ1n) is 11.9. The highest BCUT2D eigenvalue weighted by Gasteiger charge is 2.31. The average Bonchev–Trinajstić information content (AvgIpc) is 3.22. The van der Waals surface area contributed by atoms with Crippen LogP contribution in [0.4, 0.5) is 5.69 Å². The van der Waals surface area contributed by atoms with E-state index in [1.807, 2.05) is 7.05 Å². The Morgan fingerprint density at radius 3 is 1.56 bits per heavy atom. The van der Waals surface area contributed by atoms with Gasteiger partial charge in [0.25, 0.3) is 0 Å². The van der Waals surface area contributed by atoms with Gasteiger partial charge in [0.15, 0.2) is 0 Å². The summed E-state index contributed by atoms with van der Waals surface area (Å²) in [6.45, 7) is 2.18. The number of benzene rings is 5. The van der Waals surface area contributed by atoms with E-state index in [-0.39, 0.29) is 5.92 Å². The van der Waals surface area contributed by atoms with Gasteiger partial charge in [-0.3, -0.25) is 0 Å². The molecule has 0 atom stereocenters. The number of rotatable bonds is 4. The first-order valence-corrected chi connectivity index (χ1v) is 11.9. The molecule has 34 heavy (non-hydrogen) atoms. The number of aryl methyl sites for hydroxylation is 1. The molecule has 0 saturated heterocycles. The molecule has 0 fully saturated rings. The van der Waals surface area contributed by atoms with Gasteiger partial charge in [-0.05, 0) is 86.8 Å². The fourth-order valence-corrected chi connectivity index (χ4v) is 5.35. The lowest BCUT2D eigenvalue weighted by Crippen LogP contribution is -2.01. The topological polar surface area (TPSA) is 12.0 Å².